The summed E-state index contributed by atoms with van der Waals surface area (Å²) in [5.74, 6) is -2.26. The van der Waals surface area contributed by atoms with Gasteiger partial charge in [0.2, 0.25) is 5.88 Å². The second-order valence-corrected chi connectivity index (χ2v) is 4.83. The molecule has 0 N–H and O–H groups in total. The van der Waals surface area contributed by atoms with Crippen molar-refractivity contribution in [1.29, 1.82) is 0 Å². The van der Waals surface area contributed by atoms with Gasteiger partial charge < -0.3 is 4.74 Å². The van der Waals surface area contributed by atoms with Crippen molar-refractivity contribution in [1.82, 2.24) is 9.97 Å². The highest BCUT2D eigenvalue weighted by atomic mass is 32.2. The molecule has 0 aliphatic heterocycles. The van der Waals surface area contributed by atoms with Gasteiger partial charge in [0.25, 0.3) is 0 Å². The number of rotatable bonds is 3. The van der Waals surface area contributed by atoms with Gasteiger partial charge in [-0.05, 0) is 18.4 Å². The van der Waals surface area contributed by atoms with Crippen LogP contribution in [-0.2, 0) is 6.18 Å². The van der Waals surface area contributed by atoms with E-state index in [-0.39, 0.29) is 11.4 Å². The molecule has 0 aliphatic rings. The van der Waals surface area contributed by atoms with Gasteiger partial charge in [-0.15, -0.1) is 11.8 Å². The van der Waals surface area contributed by atoms with Gasteiger partial charge in [0.15, 0.2) is 5.56 Å². The third-order valence-electron chi connectivity index (χ3n) is 2.64. The molecule has 2 rings (SSSR count). The Balaban J connectivity index is 2.59. The molecular weight excluding hydrogens is 308 g/mol. The molecule has 0 aromatic carbocycles. The van der Waals surface area contributed by atoms with Gasteiger partial charge in [0.05, 0.1) is 18.5 Å². The molecule has 0 aliphatic carbocycles. The number of alkyl halides is 3. The number of ether oxygens (including phenoxy) is 1. The number of nitrogens with zero attached hydrogens (tertiary/aromatic N) is 2. The van der Waals surface area contributed by atoms with E-state index in [0.29, 0.717) is 6.07 Å². The first kappa shape index (κ1) is 15.6. The normalized spacial score (nSPS) is 11.5. The lowest BCUT2D eigenvalue weighted by atomic mass is 10.2. The lowest BCUT2D eigenvalue weighted by molar-refractivity contribution is -0.141. The van der Waals surface area contributed by atoms with Crippen LogP contribution in [0.15, 0.2) is 29.3 Å². The summed E-state index contributed by atoms with van der Waals surface area (Å²) in [5, 5.41) is 0. The number of halogens is 4. The zero-order chi connectivity index (χ0) is 15.6. The fourth-order valence-corrected chi connectivity index (χ4v) is 2.13. The summed E-state index contributed by atoms with van der Waals surface area (Å²) >= 11 is 1.43. The summed E-state index contributed by atoms with van der Waals surface area (Å²) in [6.45, 7) is 0. The van der Waals surface area contributed by atoms with Crippen molar-refractivity contribution in [2.24, 2.45) is 0 Å². The lowest BCUT2D eigenvalue weighted by Gasteiger charge is -2.13. The van der Waals surface area contributed by atoms with Crippen LogP contribution in [0.2, 0.25) is 0 Å². The maximum Gasteiger partial charge on any atom is 0.424 e. The number of pyridine rings is 2. The minimum atomic E-state index is -4.88. The van der Waals surface area contributed by atoms with Crippen LogP contribution in [0.1, 0.15) is 5.56 Å². The Hall–Kier alpha value is -1.83. The third kappa shape index (κ3) is 3.26. The molecule has 21 heavy (non-hydrogen) atoms. The predicted molar refractivity (Wildman–Crippen MR) is 70.8 cm³/mol. The number of methoxy groups -OCH3 is 1. The Morgan fingerprint density at radius 3 is 2.48 bits per heavy atom. The van der Waals surface area contributed by atoms with E-state index in [4.69, 9.17) is 0 Å². The first-order valence-electron chi connectivity index (χ1n) is 5.69. The fourth-order valence-electron chi connectivity index (χ4n) is 1.71. The molecule has 0 spiro atoms. The molecule has 0 unspecified atom stereocenters. The highest BCUT2D eigenvalue weighted by Crippen LogP contribution is 2.38. The van der Waals surface area contributed by atoms with Crippen molar-refractivity contribution >= 4 is 11.8 Å². The van der Waals surface area contributed by atoms with Gasteiger partial charge in [-0.1, -0.05) is 0 Å². The van der Waals surface area contributed by atoms with Gasteiger partial charge in [-0.3, -0.25) is 4.98 Å². The van der Waals surface area contributed by atoms with Crippen molar-refractivity contribution in [3.63, 3.8) is 0 Å². The maximum atomic E-state index is 13.8. The first-order chi connectivity index (χ1) is 9.86. The zero-order valence-electron chi connectivity index (χ0n) is 11.0. The van der Waals surface area contributed by atoms with Crippen molar-refractivity contribution in [3.8, 4) is 17.3 Å². The van der Waals surface area contributed by atoms with Gasteiger partial charge in [0.1, 0.15) is 5.82 Å². The van der Waals surface area contributed by atoms with E-state index in [1.54, 1.807) is 12.1 Å². The molecule has 0 radical (unpaired) electrons. The molecule has 0 bridgehead atoms. The molecule has 0 saturated heterocycles. The lowest BCUT2D eigenvalue weighted by Crippen LogP contribution is -2.12. The number of hydrogen-bond donors (Lipinski definition) is 0. The molecule has 0 fully saturated rings. The first-order valence-corrected chi connectivity index (χ1v) is 6.91. The SMILES string of the molecule is COc1nc(-c2cc(SC)ccn2)cc(F)c1C(F)(F)F. The quantitative estimate of drug-likeness (QED) is 0.632. The van der Waals surface area contributed by atoms with Crippen molar-refractivity contribution < 1.29 is 22.3 Å². The van der Waals surface area contributed by atoms with Crippen LogP contribution in [0.3, 0.4) is 0 Å². The van der Waals surface area contributed by atoms with E-state index >= 15 is 0 Å². The summed E-state index contributed by atoms with van der Waals surface area (Å²) in [6.07, 6.45) is -1.57. The maximum absolute atomic E-state index is 13.8. The van der Waals surface area contributed by atoms with E-state index in [9.17, 15) is 17.6 Å². The summed E-state index contributed by atoms with van der Waals surface area (Å²) in [6, 6.07) is 4.04. The summed E-state index contributed by atoms with van der Waals surface area (Å²) in [5.41, 5.74) is -1.27. The Bertz CT molecular complexity index is 661. The average molecular weight is 318 g/mol. The van der Waals surface area contributed by atoms with Crippen LogP contribution in [0.25, 0.3) is 11.4 Å². The van der Waals surface area contributed by atoms with E-state index in [0.717, 1.165) is 12.0 Å². The topological polar surface area (TPSA) is 35.0 Å². The van der Waals surface area contributed by atoms with Crippen LogP contribution in [0.4, 0.5) is 17.6 Å². The minimum absolute atomic E-state index is 0.0201. The molecule has 0 saturated carbocycles. The van der Waals surface area contributed by atoms with Crippen LogP contribution < -0.4 is 4.74 Å². The Kier molecular flexibility index (Phi) is 4.36. The fraction of sp³-hybridized carbons (Fsp3) is 0.231. The van der Waals surface area contributed by atoms with Gasteiger partial charge in [-0.25, -0.2) is 9.37 Å². The van der Waals surface area contributed by atoms with E-state index in [2.05, 4.69) is 14.7 Å². The molecule has 0 amide bonds. The van der Waals surface area contributed by atoms with Gasteiger partial charge in [0, 0.05) is 17.2 Å². The van der Waals surface area contributed by atoms with Crippen molar-refractivity contribution in [3.05, 3.63) is 35.8 Å². The standard InChI is InChI=1S/C13H10F4N2OS/c1-20-12-11(13(15,16)17)8(14)6-10(19-12)9-5-7(21-2)3-4-18-9/h3-6H,1-2H3. The molecule has 2 aromatic heterocycles. The second-order valence-electron chi connectivity index (χ2n) is 3.95. The number of thioether (sulfide) groups is 1. The van der Waals surface area contributed by atoms with Gasteiger partial charge >= 0.3 is 6.18 Å². The highest BCUT2D eigenvalue weighted by Gasteiger charge is 2.39. The summed E-state index contributed by atoms with van der Waals surface area (Å²) in [4.78, 5) is 8.53. The van der Waals surface area contributed by atoms with Crippen molar-refractivity contribution in [2.45, 2.75) is 11.1 Å². The molecule has 112 valence electrons. The van der Waals surface area contributed by atoms with Crippen LogP contribution in [-0.4, -0.2) is 23.3 Å². The molecular formula is C13H10F4N2OS. The molecule has 8 heteroatoms. The number of hydrogen-bond acceptors (Lipinski definition) is 4. The second kappa shape index (κ2) is 5.88. The number of aromatic nitrogens is 2. The van der Waals surface area contributed by atoms with Crippen LogP contribution in [0, 0.1) is 5.82 Å². The monoisotopic (exact) mass is 318 g/mol. The van der Waals surface area contributed by atoms with E-state index in [1.165, 1.54) is 18.0 Å². The zero-order valence-corrected chi connectivity index (χ0v) is 11.8. The van der Waals surface area contributed by atoms with Crippen molar-refractivity contribution in [2.75, 3.05) is 13.4 Å². The van der Waals surface area contributed by atoms with E-state index < -0.39 is 23.4 Å². The molecule has 0 atom stereocenters. The highest BCUT2D eigenvalue weighted by molar-refractivity contribution is 7.98. The third-order valence-corrected chi connectivity index (χ3v) is 3.37. The molecule has 3 nitrogen and oxygen atoms in total. The van der Waals surface area contributed by atoms with Gasteiger partial charge in [-0.2, -0.15) is 13.2 Å². The summed E-state index contributed by atoms with van der Waals surface area (Å²) in [7, 11) is 1.01. The molecule has 2 heterocycles. The average Bonchev–Trinajstić information content (AvgIpc) is 2.45. The minimum Gasteiger partial charge on any atom is -0.480 e. The Morgan fingerprint density at radius 1 is 1.19 bits per heavy atom. The largest absolute Gasteiger partial charge is 0.480 e. The van der Waals surface area contributed by atoms with Crippen LogP contribution in [0.5, 0.6) is 5.88 Å². The van der Waals surface area contributed by atoms with E-state index in [1.807, 2.05) is 6.26 Å². The summed E-state index contributed by atoms with van der Waals surface area (Å²) < 4.78 is 56.7. The van der Waals surface area contributed by atoms with Crippen LogP contribution >= 0.6 is 11.8 Å². The molecule has 2 aromatic rings. The Morgan fingerprint density at radius 2 is 1.90 bits per heavy atom. The smallest absolute Gasteiger partial charge is 0.424 e. The Labute approximate surface area is 122 Å². The predicted octanol–water partition coefficient (Wildman–Crippen LogP) is 4.03.